The molecule has 2 amide bonds. The Morgan fingerprint density at radius 3 is 1.45 bits per heavy atom. The van der Waals surface area contributed by atoms with Crippen molar-refractivity contribution in [1.82, 2.24) is 10.6 Å². The first-order chi connectivity index (χ1) is 31.0. The Balaban J connectivity index is 2.20. The van der Waals surface area contributed by atoms with E-state index in [2.05, 4.69) is 106 Å². The molecule has 0 aliphatic rings. The van der Waals surface area contributed by atoms with Gasteiger partial charge in [0.15, 0.2) is 0 Å². The highest BCUT2D eigenvalue weighted by atomic mass is 28.4. The van der Waals surface area contributed by atoms with Crippen molar-refractivity contribution < 1.29 is 28.7 Å². The minimum Gasteiger partial charge on any atom is -0.481 e. The van der Waals surface area contributed by atoms with Crippen LogP contribution in [0, 0.1) is 0 Å². The number of rotatable bonds is 39. The summed E-state index contributed by atoms with van der Waals surface area (Å²) >= 11 is 0. The number of allylic oxidation sites excluding steroid dienone is 1. The maximum Gasteiger partial charge on any atom is 0.315 e. The van der Waals surface area contributed by atoms with Crippen molar-refractivity contribution in [3.8, 4) is 0 Å². The summed E-state index contributed by atoms with van der Waals surface area (Å²) in [5.41, 5.74) is 0. The molecular formula is C55H92N2O6Si. The zero-order valence-corrected chi connectivity index (χ0v) is 42.3. The predicted octanol–water partition coefficient (Wildman–Crippen LogP) is 13.7. The Labute approximate surface area is 392 Å². The Hall–Kier alpha value is -3.43. The monoisotopic (exact) mass is 905 g/mol. The molecule has 0 heterocycles. The van der Waals surface area contributed by atoms with Crippen LogP contribution in [-0.2, 0) is 18.8 Å². The second-order valence-corrected chi connectivity index (χ2v) is 23.4. The minimum absolute atomic E-state index is 0.156. The van der Waals surface area contributed by atoms with Crippen molar-refractivity contribution in [1.29, 1.82) is 0 Å². The Morgan fingerprint density at radius 2 is 1.03 bits per heavy atom. The van der Waals surface area contributed by atoms with Gasteiger partial charge >= 0.3 is 18.0 Å². The fraction of sp³-hybridized carbons (Fsp3) is 0.691. The number of amides is 2. The molecule has 0 saturated carbocycles. The van der Waals surface area contributed by atoms with Crippen LogP contribution in [-0.4, -0.2) is 56.7 Å². The van der Waals surface area contributed by atoms with Gasteiger partial charge in [0.1, 0.15) is 6.61 Å². The Morgan fingerprint density at radius 1 is 0.609 bits per heavy atom. The number of urea groups is 1. The third-order valence-electron chi connectivity index (χ3n) is 12.5. The van der Waals surface area contributed by atoms with Gasteiger partial charge < -0.3 is 24.9 Å². The fourth-order valence-corrected chi connectivity index (χ4v) is 13.4. The first kappa shape index (κ1) is 56.7. The average molecular weight is 905 g/mol. The zero-order chi connectivity index (χ0) is 46.6. The molecule has 9 heteroatoms. The molecule has 8 nitrogen and oxygen atoms in total. The number of esters is 1. The van der Waals surface area contributed by atoms with Gasteiger partial charge in [-0.05, 0) is 34.7 Å². The molecule has 2 aromatic carbocycles. The molecule has 0 aliphatic heterocycles. The number of carbonyl (C=O) groups is 3. The molecule has 64 heavy (non-hydrogen) atoms. The highest BCUT2D eigenvalue weighted by molar-refractivity contribution is 6.99. The first-order valence-corrected chi connectivity index (χ1v) is 27.8. The highest BCUT2D eigenvalue weighted by Gasteiger charge is 2.52. The maximum atomic E-state index is 13.7. The molecule has 0 saturated heterocycles. The van der Waals surface area contributed by atoms with E-state index in [4.69, 9.17) is 9.16 Å². The third-order valence-corrected chi connectivity index (χ3v) is 17.6. The van der Waals surface area contributed by atoms with Crippen LogP contribution in [0.4, 0.5) is 4.79 Å². The molecule has 0 radical (unpaired) electrons. The molecule has 0 aromatic heterocycles. The van der Waals surface area contributed by atoms with Gasteiger partial charge in [0.05, 0.1) is 25.0 Å². The van der Waals surface area contributed by atoms with Crippen LogP contribution in [0.25, 0.3) is 0 Å². The van der Waals surface area contributed by atoms with Crippen molar-refractivity contribution in [2.45, 2.75) is 232 Å². The Kier molecular flexibility index (Phi) is 31.7. The highest BCUT2D eigenvalue weighted by Crippen LogP contribution is 2.38. The van der Waals surface area contributed by atoms with Crippen molar-refractivity contribution in [2.75, 3.05) is 13.2 Å². The van der Waals surface area contributed by atoms with E-state index in [0.29, 0.717) is 6.54 Å². The summed E-state index contributed by atoms with van der Waals surface area (Å²) < 4.78 is 13.4. The van der Waals surface area contributed by atoms with E-state index in [0.717, 1.165) is 48.9 Å². The lowest BCUT2D eigenvalue weighted by Crippen LogP contribution is -2.69. The topological polar surface area (TPSA) is 114 Å². The summed E-state index contributed by atoms with van der Waals surface area (Å²) in [5, 5.41) is 17.4. The third kappa shape index (κ3) is 24.7. The second-order valence-electron chi connectivity index (χ2n) is 19.2. The number of benzene rings is 2. The van der Waals surface area contributed by atoms with E-state index >= 15 is 0 Å². The van der Waals surface area contributed by atoms with Crippen LogP contribution < -0.4 is 21.0 Å². The number of carbonyl (C=O) groups excluding carboxylic acids is 2. The van der Waals surface area contributed by atoms with E-state index in [1.54, 1.807) is 0 Å². The van der Waals surface area contributed by atoms with Gasteiger partial charge in [0.2, 0.25) is 0 Å². The fourth-order valence-electron chi connectivity index (χ4n) is 8.73. The summed E-state index contributed by atoms with van der Waals surface area (Å²) in [6, 6.07) is 19.8. The summed E-state index contributed by atoms with van der Waals surface area (Å²) in [6.07, 6.45) is 35.7. The molecule has 3 N–H and O–H groups in total. The van der Waals surface area contributed by atoms with E-state index in [-0.39, 0.29) is 30.5 Å². The smallest absolute Gasteiger partial charge is 0.315 e. The van der Waals surface area contributed by atoms with Gasteiger partial charge in [0.25, 0.3) is 8.32 Å². The largest absolute Gasteiger partial charge is 0.481 e. The molecule has 0 bridgehead atoms. The van der Waals surface area contributed by atoms with Crippen LogP contribution in [0.2, 0.25) is 5.04 Å². The molecule has 2 aromatic rings. The lowest BCUT2D eigenvalue weighted by molar-refractivity contribution is -0.148. The molecular weight excluding hydrogens is 813 g/mol. The molecule has 362 valence electrons. The molecule has 0 aliphatic carbocycles. The molecule has 2 rings (SSSR count). The van der Waals surface area contributed by atoms with Crippen molar-refractivity contribution in [2.24, 2.45) is 0 Å². The number of ether oxygens (including phenoxy) is 1. The number of unbranched alkanes of at least 4 members (excludes halogenated alkanes) is 24. The van der Waals surface area contributed by atoms with Gasteiger partial charge in [-0.25, -0.2) is 4.79 Å². The second kappa shape index (κ2) is 35.8. The van der Waals surface area contributed by atoms with E-state index in [9.17, 15) is 19.5 Å². The number of carboxylic acid groups (broad SMARTS) is 1. The summed E-state index contributed by atoms with van der Waals surface area (Å²) in [7, 11) is -3.12. The quantitative estimate of drug-likeness (QED) is 0.0266. The Bertz CT molecular complexity index is 1460. The molecule has 2 atom stereocenters. The van der Waals surface area contributed by atoms with E-state index in [1.165, 1.54) is 128 Å². The van der Waals surface area contributed by atoms with Crippen LogP contribution >= 0.6 is 0 Å². The van der Waals surface area contributed by atoms with Crippen LogP contribution in [0.3, 0.4) is 0 Å². The number of carboxylic acids is 1. The normalized spacial score (nSPS) is 12.9. The SMILES string of the molecule is CCCCCCCCCCCCC/C=C/[C@H](O[Si](c1ccccc1)(c1ccccc1)C(C)(C)C)[C@H](COC(=O)CCC(=O)O)NC(=O)NCCCCCCCCCCCCCCCC. The number of hydrogen-bond donors (Lipinski definition) is 3. The first-order valence-electron chi connectivity index (χ1n) is 25.9. The summed E-state index contributed by atoms with van der Waals surface area (Å²) in [5.74, 6) is -1.68. The number of aliphatic carboxylic acids is 1. The van der Waals surface area contributed by atoms with Crippen molar-refractivity contribution in [3.63, 3.8) is 0 Å². The van der Waals surface area contributed by atoms with Gasteiger partial charge in [-0.2, -0.15) is 0 Å². The molecule has 0 unspecified atom stereocenters. The number of nitrogens with one attached hydrogen (secondary N) is 2. The van der Waals surface area contributed by atoms with Crippen molar-refractivity contribution >= 4 is 36.7 Å². The minimum atomic E-state index is -3.12. The molecule has 0 fully saturated rings. The lowest BCUT2D eigenvalue weighted by Gasteiger charge is -2.46. The van der Waals surface area contributed by atoms with Gasteiger partial charge in [-0.15, -0.1) is 0 Å². The van der Waals surface area contributed by atoms with Gasteiger partial charge in [-0.1, -0.05) is 255 Å². The predicted molar refractivity (Wildman–Crippen MR) is 271 cm³/mol. The van der Waals surface area contributed by atoms with E-state index < -0.39 is 32.4 Å². The van der Waals surface area contributed by atoms with Crippen LogP contribution in [0.5, 0.6) is 0 Å². The molecule has 0 spiro atoms. The lowest BCUT2D eigenvalue weighted by atomic mass is 10.0. The summed E-state index contributed by atoms with van der Waals surface area (Å²) in [4.78, 5) is 37.9. The zero-order valence-electron chi connectivity index (χ0n) is 41.3. The van der Waals surface area contributed by atoms with Gasteiger partial charge in [0, 0.05) is 6.54 Å². The standard InChI is InChI=1S/C55H92N2O6Si/c1-6-8-10-12-14-16-18-20-22-24-26-28-30-38-46-56-54(61)57-50(47-62-53(60)45-44-52(58)59)51(43-37-29-27-25-23-21-19-17-15-13-11-9-7-2)63-64(55(3,4)5,48-39-33-31-34-40-48)49-41-35-32-36-42-49/h31-37,39-43,50-51H,6-30,38,44-47H2,1-5H3,(H,58,59)(H2,56,57,61)/b43-37+/t50-,51-/m0/s1. The summed E-state index contributed by atoms with van der Waals surface area (Å²) in [6.45, 7) is 11.6. The van der Waals surface area contributed by atoms with Crippen LogP contribution in [0.1, 0.15) is 214 Å². The van der Waals surface area contributed by atoms with E-state index in [1.807, 2.05) is 12.1 Å². The average Bonchev–Trinajstić information content (AvgIpc) is 3.28. The van der Waals surface area contributed by atoms with Crippen LogP contribution in [0.15, 0.2) is 72.8 Å². The number of hydrogen-bond acceptors (Lipinski definition) is 5. The maximum absolute atomic E-state index is 13.7. The van der Waals surface area contributed by atoms with Crippen molar-refractivity contribution in [3.05, 3.63) is 72.8 Å². The van der Waals surface area contributed by atoms with Gasteiger partial charge in [-0.3, -0.25) is 9.59 Å².